The van der Waals surface area contributed by atoms with Gasteiger partial charge in [0.1, 0.15) is 18.0 Å². The zero-order valence-corrected chi connectivity index (χ0v) is 9.80. The van der Waals surface area contributed by atoms with E-state index >= 15 is 0 Å². The zero-order valence-electron chi connectivity index (χ0n) is 9.80. The molecule has 2 unspecified atom stereocenters. The Morgan fingerprint density at radius 2 is 2.29 bits per heavy atom. The summed E-state index contributed by atoms with van der Waals surface area (Å²) in [7, 11) is 0. The Labute approximate surface area is 99.0 Å². The van der Waals surface area contributed by atoms with Gasteiger partial charge in [-0.2, -0.15) is 4.98 Å². The zero-order chi connectivity index (χ0) is 12.4. The van der Waals surface area contributed by atoms with Gasteiger partial charge < -0.3 is 15.2 Å². The fourth-order valence-electron chi connectivity index (χ4n) is 1.90. The Morgan fingerprint density at radius 3 is 2.88 bits per heavy atom. The van der Waals surface area contributed by atoms with E-state index in [0.29, 0.717) is 24.7 Å². The van der Waals surface area contributed by atoms with E-state index in [1.54, 1.807) is 13.0 Å². The van der Waals surface area contributed by atoms with E-state index in [1.807, 2.05) is 6.92 Å². The van der Waals surface area contributed by atoms with Gasteiger partial charge in [-0.3, -0.25) is 4.79 Å². The summed E-state index contributed by atoms with van der Waals surface area (Å²) in [6.45, 7) is 4.19. The summed E-state index contributed by atoms with van der Waals surface area (Å²) in [5.74, 6) is 0.319. The monoisotopic (exact) mass is 237 g/mol. The van der Waals surface area contributed by atoms with Gasteiger partial charge >= 0.3 is 5.97 Å². The first-order chi connectivity index (χ1) is 8.04. The van der Waals surface area contributed by atoms with Crippen molar-refractivity contribution in [3.05, 3.63) is 17.6 Å². The molecule has 2 atom stereocenters. The Hall–Kier alpha value is -1.69. The first-order valence-electron chi connectivity index (χ1n) is 5.49. The van der Waals surface area contributed by atoms with Crippen molar-refractivity contribution in [3.8, 4) is 5.88 Å². The first-order valence-corrected chi connectivity index (χ1v) is 5.49. The first kappa shape index (κ1) is 11.8. The van der Waals surface area contributed by atoms with E-state index < -0.39 is 12.0 Å². The number of nitrogens with one attached hydrogen (secondary N) is 1. The van der Waals surface area contributed by atoms with Crippen LogP contribution in [0.5, 0.6) is 5.88 Å². The molecule has 1 aromatic heterocycles. The highest BCUT2D eigenvalue weighted by molar-refractivity contribution is 5.73. The fraction of sp³-hybridized carbons (Fsp3) is 0.545. The fourth-order valence-corrected chi connectivity index (χ4v) is 1.90. The molecule has 2 heterocycles. The van der Waals surface area contributed by atoms with Crippen molar-refractivity contribution in [3.63, 3.8) is 0 Å². The number of nitrogens with zero attached hydrogens (tertiary/aromatic N) is 2. The van der Waals surface area contributed by atoms with E-state index in [4.69, 9.17) is 9.84 Å². The van der Waals surface area contributed by atoms with Crippen molar-refractivity contribution in [2.24, 2.45) is 0 Å². The molecule has 2 rings (SSSR count). The second kappa shape index (κ2) is 4.67. The lowest BCUT2D eigenvalue weighted by Crippen LogP contribution is -2.30. The highest BCUT2D eigenvalue weighted by Crippen LogP contribution is 2.16. The molecule has 0 spiro atoms. The number of aryl methyl sites for hydroxylation is 2. The molecule has 1 aliphatic heterocycles. The van der Waals surface area contributed by atoms with Crippen LogP contribution in [0.3, 0.4) is 0 Å². The Kier molecular flexibility index (Phi) is 3.23. The second-order valence-corrected chi connectivity index (χ2v) is 4.17. The van der Waals surface area contributed by atoms with E-state index in [1.165, 1.54) is 0 Å². The molecule has 1 aromatic rings. The molecule has 2 N–H and O–H groups in total. The van der Waals surface area contributed by atoms with Crippen molar-refractivity contribution in [1.82, 2.24) is 15.3 Å². The quantitative estimate of drug-likeness (QED) is 0.786. The maximum atomic E-state index is 10.8. The van der Waals surface area contributed by atoms with E-state index in [2.05, 4.69) is 15.3 Å². The molecule has 6 nitrogen and oxygen atoms in total. The van der Waals surface area contributed by atoms with Gasteiger partial charge in [-0.25, -0.2) is 4.98 Å². The SMILES string of the molecule is Cc1cc(OC2CNC(C(=O)O)C2)nc(C)n1. The van der Waals surface area contributed by atoms with Crippen LogP contribution in [0, 0.1) is 13.8 Å². The maximum Gasteiger partial charge on any atom is 0.320 e. The molecule has 1 saturated heterocycles. The number of hydrogen-bond donors (Lipinski definition) is 2. The highest BCUT2D eigenvalue weighted by atomic mass is 16.5. The summed E-state index contributed by atoms with van der Waals surface area (Å²) in [6, 6.07) is 1.23. The minimum Gasteiger partial charge on any atom is -0.480 e. The van der Waals surface area contributed by atoms with Crippen LogP contribution in [-0.4, -0.2) is 39.7 Å². The maximum absolute atomic E-state index is 10.8. The van der Waals surface area contributed by atoms with Crippen molar-refractivity contribution in [2.75, 3.05) is 6.54 Å². The third-order valence-electron chi connectivity index (χ3n) is 2.62. The van der Waals surface area contributed by atoms with Crippen LogP contribution in [0.25, 0.3) is 0 Å². The molecule has 0 saturated carbocycles. The largest absolute Gasteiger partial charge is 0.480 e. The average molecular weight is 237 g/mol. The molecule has 0 amide bonds. The van der Waals surface area contributed by atoms with E-state index in [0.717, 1.165) is 5.69 Å². The molecule has 6 heteroatoms. The minimum absolute atomic E-state index is 0.148. The van der Waals surface area contributed by atoms with Crippen molar-refractivity contribution >= 4 is 5.97 Å². The molecule has 17 heavy (non-hydrogen) atoms. The molecule has 0 aliphatic carbocycles. The number of hydrogen-bond acceptors (Lipinski definition) is 5. The molecule has 1 fully saturated rings. The van der Waals surface area contributed by atoms with Gasteiger partial charge in [0.15, 0.2) is 0 Å². The van der Waals surface area contributed by atoms with Crippen LogP contribution in [0.15, 0.2) is 6.07 Å². The van der Waals surface area contributed by atoms with Gasteiger partial charge in [-0.15, -0.1) is 0 Å². The van der Waals surface area contributed by atoms with Gasteiger partial charge in [-0.05, 0) is 13.8 Å². The number of ether oxygens (including phenoxy) is 1. The van der Waals surface area contributed by atoms with Crippen molar-refractivity contribution in [2.45, 2.75) is 32.4 Å². The van der Waals surface area contributed by atoms with Crippen molar-refractivity contribution in [1.29, 1.82) is 0 Å². The predicted octanol–water partition coefficient (Wildman–Crippen LogP) is 0.287. The van der Waals surface area contributed by atoms with Gasteiger partial charge in [0.05, 0.1) is 0 Å². The lowest BCUT2D eigenvalue weighted by atomic mass is 10.2. The number of carboxylic acids is 1. The Morgan fingerprint density at radius 1 is 1.53 bits per heavy atom. The Balaban J connectivity index is 2.00. The number of rotatable bonds is 3. The highest BCUT2D eigenvalue weighted by Gasteiger charge is 2.30. The van der Waals surface area contributed by atoms with E-state index in [9.17, 15) is 4.79 Å². The van der Waals surface area contributed by atoms with Crippen LogP contribution in [0.4, 0.5) is 0 Å². The number of carbonyl (C=O) groups is 1. The smallest absolute Gasteiger partial charge is 0.320 e. The van der Waals surface area contributed by atoms with Crippen LogP contribution >= 0.6 is 0 Å². The standard InChI is InChI=1S/C11H15N3O3/c1-6-3-10(14-7(2)13-6)17-8-4-9(11(15)16)12-5-8/h3,8-9,12H,4-5H2,1-2H3,(H,15,16). The minimum atomic E-state index is -0.842. The lowest BCUT2D eigenvalue weighted by molar-refractivity contribution is -0.139. The normalized spacial score (nSPS) is 23.6. The summed E-state index contributed by atoms with van der Waals surface area (Å²) < 4.78 is 5.64. The van der Waals surface area contributed by atoms with Crippen LogP contribution < -0.4 is 10.1 Å². The number of aliphatic carboxylic acids is 1. The average Bonchev–Trinajstić information content (AvgIpc) is 2.64. The predicted molar refractivity (Wildman–Crippen MR) is 60.0 cm³/mol. The summed E-state index contributed by atoms with van der Waals surface area (Å²) in [4.78, 5) is 19.1. The summed E-state index contributed by atoms with van der Waals surface area (Å²) in [6.07, 6.45) is 0.307. The lowest BCUT2D eigenvalue weighted by Gasteiger charge is -2.12. The summed E-state index contributed by atoms with van der Waals surface area (Å²) in [5.41, 5.74) is 0.841. The van der Waals surface area contributed by atoms with Crippen molar-refractivity contribution < 1.29 is 14.6 Å². The molecule has 1 aliphatic rings. The van der Waals surface area contributed by atoms with Gasteiger partial charge in [0, 0.05) is 24.7 Å². The molecule has 0 aromatic carbocycles. The van der Waals surface area contributed by atoms with Gasteiger partial charge in [0.25, 0.3) is 0 Å². The molecule has 92 valence electrons. The summed E-state index contributed by atoms with van der Waals surface area (Å²) in [5, 5.41) is 11.7. The number of carboxylic acid groups (broad SMARTS) is 1. The summed E-state index contributed by atoms with van der Waals surface area (Å²) >= 11 is 0. The van der Waals surface area contributed by atoms with Crippen LogP contribution in [0.2, 0.25) is 0 Å². The molecular weight excluding hydrogens is 222 g/mol. The molecule has 0 bridgehead atoms. The Bertz CT molecular complexity index is 416. The van der Waals surface area contributed by atoms with Gasteiger partial charge in [0.2, 0.25) is 5.88 Å². The number of aromatic nitrogens is 2. The van der Waals surface area contributed by atoms with E-state index in [-0.39, 0.29) is 6.10 Å². The second-order valence-electron chi connectivity index (χ2n) is 4.17. The van der Waals surface area contributed by atoms with Crippen LogP contribution in [-0.2, 0) is 4.79 Å². The molecule has 0 radical (unpaired) electrons. The van der Waals surface area contributed by atoms with Crippen LogP contribution in [0.1, 0.15) is 17.9 Å². The topological polar surface area (TPSA) is 84.3 Å². The third kappa shape index (κ3) is 2.91. The third-order valence-corrected chi connectivity index (χ3v) is 2.62. The van der Waals surface area contributed by atoms with Gasteiger partial charge in [-0.1, -0.05) is 0 Å². The molecular formula is C11H15N3O3.